The minimum atomic E-state index is 0.614. The van der Waals surface area contributed by atoms with E-state index < -0.39 is 0 Å². The normalized spacial score (nSPS) is 11.0. The van der Waals surface area contributed by atoms with Gasteiger partial charge in [0, 0.05) is 13.1 Å². The number of rotatable bonds is 4. The van der Waals surface area contributed by atoms with Gasteiger partial charge in [0.15, 0.2) is 0 Å². The lowest BCUT2D eigenvalue weighted by Gasteiger charge is -2.18. The van der Waals surface area contributed by atoms with E-state index in [0.29, 0.717) is 10.0 Å². The van der Waals surface area contributed by atoms with Crippen molar-refractivity contribution in [3.8, 4) is 0 Å². The first-order valence-corrected chi connectivity index (χ1v) is 6.99. The lowest BCUT2D eigenvalue weighted by atomic mass is 10.1. The smallest absolute Gasteiger partial charge is 0.0637 e. The van der Waals surface area contributed by atoms with Crippen molar-refractivity contribution in [3.05, 3.63) is 69.2 Å². The van der Waals surface area contributed by atoms with Crippen molar-refractivity contribution in [3.63, 3.8) is 0 Å². The largest absolute Gasteiger partial charge is 0.298 e. The van der Waals surface area contributed by atoms with Crippen LogP contribution in [0.15, 0.2) is 42.5 Å². The van der Waals surface area contributed by atoms with Gasteiger partial charge in [-0.2, -0.15) is 0 Å². The van der Waals surface area contributed by atoms with Crippen molar-refractivity contribution >= 4 is 23.2 Å². The Kier molecular flexibility index (Phi) is 4.87. The zero-order chi connectivity index (χ0) is 13.8. The van der Waals surface area contributed by atoms with E-state index in [0.717, 1.165) is 18.7 Å². The quantitative estimate of drug-likeness (QED) is 0.772. The Balaban J connectivity index is 2.03. The molecule has 0 fully saturated rings. The first-order valence-electron chi connectivity index (χ1n) is 6.23. The van der Waals surface area contributed by atoms with Crippen LogP contribution in [-0.2, 0) is 13.1 Å². The van der Waals surface area contributed by atoms with Crippen LogP contribution in [-0.4, -0.2) is 11.9 Å². The van der Waals surface area contributed by atoms with Crippen LogP contribution in [0.4, 0.5) is 0 Å². The van der Waals surface area contributed by atoms with Crippen LogP contribution in [0.2, 0.25) is 10.0 Å². The summed E-state index contributed by atoms with van der Waals surface area (Å²) in [5, 5.41) is 1.27. The Morgan fingerprint density at radius 2 is 1.63 bits per heavy atom. The zero-order valence-electron chi connectivity index (χ0n) is 11.2. The maximum absolute atomic E-state index is 6.20. The molecule has 3 heteroatoms. The standard InChI is InChI=1S/C16H17Cl2N/c1-12-6-8-13(9-7-12)10-19(2)11-14-4-3-5-15(17)16(14)18/h3-9H,10-11H2,1-2H3. The molecule has 1 nitrogen and oxygen atoms in total. The molecule has 2 aromatic rings. The number of hydrogen-bond donors (Lipinski definition) is 0. The van der Waals surface area contributed by atoms with Gasteiger partial charge in [-0.1, -0.05) is 65.2 Å². The number of aryl methyl sites for hydroxylation is 1. The summed E-state index contributed by atoms with van der Waals surface area (Å²) in [6, 6.07) is 14.3. The van der Waals surface area contributed by atoms with E-state index in [9.17, 15) is 0 Å². The van der Waals surface area contributed by atoms with Gasteiger partial charge in [-0.05, 0) is 31.2 Å². The maximum Gasteiger partial charge on any atom is 0.0637 e. The molecule has 0 aliphatic carbocycles. The van der Waals surface area contributed by atoms with Gasteiger partial charge in [-0.3, -0.25) is 4.90 Å². The van der Waals surface area contributed by atoms with Crippen molar-refractivity contribution < 1.29 is 0 Å². The second kappa shape index (κ2) is 6.42. The van der Waals surface area contributed by atoms with Crippen LogP contribution in [0.1, 0.15) is 16.7 Å². The first kappa shape index (κ1) is 14.4. The summed E-state index contributed by atoms with van der Waals surface area (Å²) in [6.45, 7) is 3.77. The maximum atomic E-state index is 6.20. The predicted molar refractivity (Wildman–Crippen MR) is 82.8 cm³/mol. The fraction of sp³-hybridized carbons (Fsp3) is 0.250. The minimum Gasteiger partial charge on any atom is -0.298 e. The molecule has 0 radical (unpaired) electrons. The van der Waals surface area contributed by atoms with Gasteiger partial charge in [0.25, 0.3) is 0 Å². The Bertz CT molecular complexity index is 549. The highest BCUT2D eigenvalue weighted by Gasteiger charge is 2.07. The average Bonchev–Trinajstić information content (AvgIpc) is 2.38. The molecule has 0 N–H and O–H groups in total. The third kappa shape index (κ3) is 3.97. The molecule has 19 heavy (non-hydrogen) atoms. The third-order valence-electron chi connectivity index (χ3n) is 3.04. The van der Waals surface area contributed by atoms with Crippen LogP contribution in [0, 0.1) is 6.92 Å². The molecule has 0 bridgehead atoms. The van der Waals surface area contributed by atoms with Gasteiger partial charge >= 0.3 is 0 Å². The van der Waals surface area contributed by atoms with Crippen LogP contribution in [0.5, 0.6) is 0 Å². The molecule has 0 unspecified atom stereocenters. The fourth-order valence-electron chi connectivity index (χ4n) is 2.02. The highest BCUT2D eigenvalue weighted by atomic mass is 35.5. The molecule has 0 atom stereocenters. The molecule has 0 saturated heterocycles. The molecular weight excluding hydrogens is 277 g/mol. The van der Waals surface area contributed by atoms with Gasteiger partial charge in [-0.15, -0.1) is 0 Å². The van der Waals surface area contributed by atoms with Crippen LogP contribution < -0.4 is 0 Å². The van der Waals surface area contributed by atoms with Gasteiger partial charge in [0.05, 0.1) is 10.0 Å². The van der Waals surface area contributed by atoms with Gasteiger partial charge < -0.3 is 0 Å². The molecule has 2 rings (SSSR count). The summed E-state index contributed by atoms with van der Waals surface area (Å²) >= 11 is 12.2. The van der Waals surface area contributed by atoms with E-state index >= 15 is 0 Å². The highest BCUT2D eigenvalue weighted by molar-refractivity contribution is 6.42. The van der Waals surface area contributed by atoms with Gasteiger partial charge in [-0.25, -0.2) is 0 Å². The second-order valence-corrected chi connectivity index (χ2v) is 5.66. The summed E-state index contributed by atoms with van der Waals surface area (Å²) in [5.74, 6) is 0. The fourth-order valence-corrected chi connectivity index (χ4v) is 2.40. The van der Waals surface area contributed by atoms with Crippen LogP contribution >= 0.6 is 23.2 Å². The molecule has 2 aromatic carbocycles. The monoisotopic (exact) mass is 293 g/mol. The molecule has 0 heterocycles. The molecule has 0 amide bonds. The van der Waals surface area contributed by atoms with E-state index in [1.165, 1.54) is 11.1 Å². The van der Waals surface area contributed by atoms with E-state index in [-0.39, 0.29) is 0 Å². The van der Waals surface area contributed by atoms with Gasteiger partial charge in [0.1, 0.15) is 0 Å². The van der Waals surface area contributed by atoms with Crippen molar-refractivity contribution in [2.45, 2.75) is 20.0 Å². The lowest BCUT2D eigenvalue weighted by molar-refractivity contribution is 0.319. The zero-order valence-corrected chi connectivity index (χ0v) is 12.7. The topological polar surface area (TPSA) is 3.24 Å². The van der Waals surface area contributed by atoms with Gasteiger partial charge in [0.2, 0.25) is 0 Å². The molecule has 0 aromatic heterocycles. The minimum absolute atomic E-state index is 0.614. The number of hydrogen-bond acceptors (Lipinski definition) is 1. The summed E-state index contributed by atoms with van der Waals surface area (Å²) < 4.78 is 0. The highest BCUT2D eigenvalue weighted by Crippen LogP contribution is 2.26. The summed E-state index contributed by atoms with van der Waals surface area (Å²) in [6.07, 6.45) is 0. The Labute approximate surface area is 124 Å². The van der Waals surface area contributed by atoms with E-state index in [4.69, 9.17) is 23.2 Å². The van der Waals surface area contributed by atoms with E-state index in [2.05, 4.69) is 43.1 Å². The molecule has 0 aliphatic heterocycles. The van der Waals surface area contributed by atoms with Crippen molar-refractivity contribution in [2.24, 2.45) is 0 Å². The first-order chi connectivity index (χ1) is 9.06. The molecule has 0 spiro atoms. The third-order valence-corrected chi connectivity index (χ3v) is 3.90. The van der Waals surface area contributed by atoms with Crippen LogP contribution in [0.3, 0.4) is 0 Å². The summed E-state index contributed by atoms with van der Waals surface area (Å²) in [4.78, 5) is 2.22. The SMILES string of the molecule is Cc1ccc(CN(C)Cc2cccc(Cl)c2Cl)cc1. The number of halogens is 2. The van der Waals surface area contributed by atoms with Crippen molar-refractivity contribution in [2.75, 3.05) is 7.05 Å². The number of nitrogens with zero attached hydrogens (tertiary/aromatic N) is 1. The van der Waals surface area contributed by atoms with Crippen molar-refractivity contribution in [1.82, 2.24) is 4.90 Å². The Hall–Kier alpha value is -1.02. The molecule has 100 valence electrons. The van der Waals surface area contributed by atoms with E-state index in [1.54, 1.807) is 0 Å². The second-order valence-electron chi connectivity index (χ2n) is 4.87. The summed E-state index contributed by atoms with van der Waals surface area (Å²) in [7, 11) is 2.08. The number of benzene rings is 2. The van der Waals surface area contributed by atoms with E-state index in [1.807, 2.05) is 18.2 Å². The molecule has 0 saturated carbocycles. The van der Waals surface area contributed by atoms with Crippen molar-refractivity contribution in [1.29, 1.82) is 0 Å². The molecular formula is C16H17Cl2N. The van der Waals surface area contributed by atoms with Crippen LogP contribution in [0.25, 0.3) is 0 Å². The summed E-state index contributed by atoms with van der Waals surface area (Å²) in [5.41, 5.74) is 3.64. The molecule has 0 aliphatic rings. The average molecular weight is 294 g/mol. The Morgan fingerprint density at radius 3 is 2.32 bits per heavy atom. The lowest BCUT2D eigenvalue weighted by Crippen LogP contribution is -2.17. The predicted octanol–water partition coefficient (Wildman–Crippen LogP) is 4.93. The Morgan fingerprint density at radius 1 is 0.947 bits per heavy atom.